The number of anilines is 1. The third-order valence-electron chi connectivity index (χ3n) is 4.69. The molecule has 108 valence electrons. The van der Waals surface area contributed by atoms with Crippen molar-refractivity contribution in [2.45, 2.75) is 18.6 Å². The van der Waals surface area contributed by atoms with E-state index in [1.165, 1.54) is 0 Å². The summed E-state index contributed by atoms with van der Waals surface area (Å²) in [6, 6.07) is 7.61. The van der Waals surface area contributed by atoms with Gasteiger partial charge in [-0.15, -0.1) is 0 Å². The van der Waals surface area contributed by atoms with Crippen LogP contribution in [0.2, 0.25) is 0 Å². The van der Waals surface area contributed by atoms with Gasteiger partial charge >= 0.3 is 0 Å². The summed E-state index contributed by atoms with van der Waals surface area (Å²) < 4.78 is 5.82. The van der Waals surface area contributed by atoms with E-state index in [1.807, 2.05) is 37.3 Å². The fourth-order valence-corrected chi connectivity index (χ4v) is 3.78. The third kappa shape index (κ3) is 1.55. The Morgan fingerprint density at radius 2 is 2.29 bits per heavy atom. The van der Waals surface area contributed by atoms with Gasteiger partial charge in [0.1, 0.15) is 5.60 Å². The van der Waals surface area contributed by atoms with Gasteiger partial charge < -0.3 is 19.5 Å². The van der Waals surface area contributed by atoms with Crippen LogP contribution in [0.25, 0.3) is 0 Å². The van der Waals surface area contributed by atoms with E-state index in [0.29, 0.717) is 6.54 Å². The fourth-order valence-electron chi connectivity index (χ4n) is 3.78. The van der Waals surface area contributed by atoms with E-state index in [0.717, 1.165) is 11.3 Å². The first-order chi connectivity index (χ1) is 10.0. The second-order valence-electron chi connectivity index (χ2n) is 5.98. The molecule has 5 nitrogen and oxygen atoms in total. The Balaban J connectivity index is 1.75. The molecule has 4 rings (SSSR count). The van der Waals surface area contributed by atoms with Gasteiger partial charge in [0.05, 0.1) is 18.6 Å². The number of amides is 1. The Morgan fingerprint density at radius 3 is 3.00 bits per heavy atom. The van der Waals surface area contributed by atoms with Gasteiger partial charge in [0.25, 0.3) is 0 Å². The number of nitrogens with zero attached hydrogens (tertiary/aromatic N) is 1. The number of carboxylic acids is 1. The zero-order valence-electron chi connectivity index (χ0n) is 11.5. The maximum atomic E-state index is 12.7. The Kier molecular flexibility index (Phi) is 2.37. The van der Waals surface area contributed by atoms with Crippen molar-refractivity contribution in [3.63, 3.8) is 0 Å². The molecule has 1 aromatic rings. The van der Waals surface area contributed by atoms with Crippen LogP contribution in [0.4, 0.5) is 5.69 Å². The summed E-state index contributed by atoms with van der Waals surface area (Å²) in [7, 11) is 0. The summed E-state index contributed by atoms with van der Waals surface area (Å²) in [6.45, 7) is 2.31. The Morgan fingerprint density at radius 1 is 1.48 bits per heavy atom. The largest absolute Gasteiger partial charge is 0.550 e. The Labute approximate surface area is 121 Å². The van der Waals surface area contributed by atoms with Crippen molar-refractivity contribution in [3.05, 3.63) is 42.0 Å². The van der Waals surface area contributed by atoms with Gasteiger partial charge in [0, 0.05) is 17.6 Å². The van der Waals surface area contributed by atoms with Crippen LogP contribution in [0.15, 0.2) is 36.4 Å². The number of carboxylic acid groups (broad SMARTS) is 1. The number of hydrogen-bond donors (Lipinski definition) is 0. The number of carbonyl (C=O) groups excluding carboxylic acids is 2. The molecule has 0 aliphatic carbocycles. The molecule has 3 aliphatic rings. The molecule has 0 unspecified atom stereocenters. The number of rotatable bonds is 2. The van der Waals surface area contributed by atoms with Gasteiger partial charge in [-0.05, 0) is 24.6 Å². The van der Waals surface area contributed by atoms with Crippen LogP contribution in [0.5, 0.6) is 0 Å². The normalized spacial score (nSPS) is 36.3. The van der Waals surface area contributed by atoms with E-state index in [-0.39, 0.29) is 5.91 Å². The smallest absolute Gasteiger partial charge is 0.234 e. The number of ether oxygens (including phenoxy) is 1. The van der Waals surface area contributed by atoms with Crippen molar-refractivity contribution in [1.29, 1.82) is 0 Å². The second kappa shape index (κ2) is 3.95. The summed E-state index contributed by atoms with van der Waals surface area (Å²) in [5.41, 5.74) is 1.02. The van der Waals surface area contributed by atoms with Gasteiger partial charge in [0.15, 0.2) is 0 Å². The fraction of sp³-hybridized carbons (Fsp3) is 0.375. The first-order valence-electron chi connectivity index (χ1n) is 6.98. The zero-order valence-corrected chi connectivity index (χ0v) is 11.5. The minimum atomic E-state index is -1.21. The van der Waals surface area contributed by atoms with Gasteiger partial charge in [-0.2, -0.15) is 0 Å². The standard InChI is InChI=1S/C16H15NO4/c1-9-3-2-4-10(7-9)17-8-16-6-5-11(21-16)12(15(19)20)13(16)14(17)18/h2-7,11-13H,8H2,1H3,(H,19,20)/p-1/t11-,12+,13-,16+/m0/s1. The molecule has 2 bridgehead atoms. The van der Waals surface area contributed by atoms with Gasteiger partial charge in [-0.3, -0.25) is 4.79 Å². The van der Waals surface area contributed by atoms with Gasteiger partial charge in [0.2, 0.25) is 5.91 Å². The molecular formula is C16H14NO4-. The maximum Gasteiger partial charge on any atom is 0.234 e. The first-order valence-corrected chi connectivity index (χ1v) is 6.98. The van der Waals surface area contributed by atoms with E-state index in [1.54, 1.807) is 11.0 Å². The molecule has 0 N–H and O–H groups in total. The lowest BCUT2D eigenvalue weighted by molar-refractivity contribution is -0.313. The molecule has 1 amide bonds. The molecule has 0 radical (unpaired) electrons. The second-order valence-corrected chi connectivity index (χ2v) is 5.98. The van der Waals surface area contributed by atoms with Gasteiger partial charge in [-0.1, -0.05) is 24.3 Å². The lowest BCUT2D eigenvalue weighted by atomic mass is 9.77. The topological polar surface area (TPSA) is 69.7 Å². The quantitative estimate of drug-likeness (QED) is 0.719. The van der Waals surface area contributed by atoms with Crippen LogP contribution in [-0.4, -0.2) is 30.1 Å². The van der Waals surface area contributed by atoms with Crippen LogP contribution in [0.1, 0.15) is 5.56 Å². The molecular weight excluding hydrogens is 270 g/mol. The van der Waals surface area contributed by atoms with Crippen LogP contribution >= 0.6 is 0 Å². The van der Waals surface area contributed by atoms with E-state index in [9.17, 15) is 14.7 Å². The lowest BCUT2D eigenvalue weighted by Crippen LogP contribution is -2.45. The Hall–Kier alpha value is -2.14. The highest BCUT2D eigenvalue weighted by molar-refractivity contribution is 6.02. The van der Waals surface area contributed by atoms with E-state index in [4.69, 9.17) is 4.74 Å². The molecule has 1 aromatic carbocycles. The highest BCUT2D eigenvalue weighted by Crippen LogP contribution is 2.52. The highest BCUT2D eigenvalue weighted by atomic mass is 16.5. The number of fused-ring (bicyclic) bond motifs is 1. The number of carbonyl (C=O) groups is 2. The number of aryl methyl sites for hydroxylation is 1. The van der Waals surface area contributed by atoms with Crippen molar-refractivity contribution >= 4 is 17.6 Å². The predicted octanol–water partition coefficient (Wildman–Crippen LogP) is 0.0313. The van der Waals surface area contributed by atoms with E-state index >= 15 is 0 Å². The minimum Gasteiger partial charge on any atom is -0.550 e. The molecule has 4 atom stereocenters. The zero-order chi connectivity index (χ0) is 14.8. The van der Waals surface area contributed by atoms with Crippen LogP contribution in [-0.2, 0) is 14.3 Å². The highest BCUT2D eigenvalue weighted by Gasteiger charge is 2.65. The summed E-state index contributed by atoms with van der Waals surface area (Å²) in [4.78, 5) is 25.7. The molecule has 0 aromatic heterocycles. The molecule has 1 spiro atoms. The monoisotopic (exact) mass is 284 g/mol. The molecule has 21 heavy (non-hydrogen) atoms. The van der Waals surface area contributed by atoms with Crippen molar-refractivity contribution < 1.29 is 19.4 Å². The first kappa shape index (κ1) is 12.6. The molecule has 2 fully saturated rings. The summed E-state index contributed by atoms with van der Waals surface area (Å²) >= 11 is 0. The number of hydrogen-bond acceptors (Lipinski definition) is 4. The number of aliphatic carboxylic acids is 1. The van der Waals surface area contributed by atoms with Gasteiger partial charge in [-0.25, -0.2) is 0 Å². The average Bonchev–Trinajstić information content (AvgIpc) is 3.07. The van der Waals surface area contributed by atoms with Crippen LogP contribution in [0, 0.1) is 18.8 Å². The molecule has 2 saturated heterocycles. The third-order valence-corrected chi connectivity index (χ3v) is 4.69. The van der Waals surface area contributed by atoms with Crippen molar-refractivity contribution in [1.82, 2.24) is 0 Å². The number of benzene rings is 1. The van der Waals surface area contributed by atoms with E-state index < -0.39 is 29.5 Å². The summed E-state index contributed by atoms with van der Waals surface area (Å²) in [5, 5.41) is 11.4. The maximum absolute atomic E-state index is 12.7. The lowest BCUT2D eigenvalue weighted by Gasteiger charge is -2.24. The van der Waals surface area contributed by atoms with Crippen molar-refractivity contribution in [3.8, 4) is 0 Å². The van der Waals surface area contributed by atoms with Crippen LogP contribution in [0.3, 0.4) is 0 Å². The minimum absolute atomic E-state index is 0.193. The summed E-state index contributed by atoms with van der Waals surface area (Å²) in [6.07, 6.45) is 3.04. The van der Waals surface area contributed by atoms with Crippen molar-refractivity contribution in [2.24, 2.45) is 11.8 Å². The average molecular weight is 284 g/mol. The molecule has 3 heterocycles. The van der Waals surface area contributed by atoms with Crippen molar-refractivity contribution in [2.75, 3.05) is 11.4 Å². The van der Waals surface area contributed by atoms with Crippen LogP contribution < -0.4 is 10.0 Å². The predicted molar refractivity (Wildman–Crippen MR) is 72.3 cm³/mol. The Bertz CT molecular complexity index is 683. The molecule has 5 heteroatoms. The SMILES string of the molecule is Cc1cccc(N2C[C@@]34C=C[C@H](O3)[C@@H](C(=O)[O-])[C@H]4C2=O)c1. The summed E-state index contributed by atoms with van der Waals surface area (Å²) in [5.74, 6) is -2.98. The van der Waals surface area contributed by atoms with E-state index in [2.05, 4.69) is 0 Å². The molecule has 0 saturated carbocycles. The molecule has 3 aliphatic heterocycles.